The molecule has 19 heavy (non-hydrogen) atoms. The molecular formula is C14H21NO3S. The van der Waals surface area contributed by atoms with Gasteiger partial charge in [0.25, 0.3) is 0 Å². The van der Waals surface area contributed by atoms with Gasteiger partial charge in [-0.2, -0.15) is 4.31 Å². The number of hydrogen-bond acceptors (Lipinski definition) is 3. The molecule has 106 valence electrons. The van der Waals surface area contributed by atoms with Crippen LogP contribution >= 0.6 is 0 Å². The van der Waals surface area contributed by atoms with Gasteiger partial charge in [-0.3, -0.25) is 0 Å². The molecule has 1 saturated heterocycles. The maximum Gasteiger partial charge on any atom is 0.218 e. The van der Waals surface area contributed by atoms with E-state index in [9.17, 15) is 8.42 Å². The largest absolute Gasteiger partial charge is 0.375 e. The van der Waals surface area contributed by atoms with E-state index in [0.717, 1.165) is 5.56 Å². The minimum atomic E-state index is -3.32. The van der Waals surface area contributed by atoms with Crippen LogP contribution in [0.5, 0.6) is 0 Å². The van der Waals surface area contributed by atoms with Gasteiger partial charge in [0.05, 0.1) is 24.0 Å². The maximum atomic E-state index is 12.6. The van der Waals surface area contributed by atoms with Crippen molar-refractivity contribution in [3.8, 4) is 0 Å². The molecule has 4 nitrogen and oxygen atoms in total. The fourth-order valence-electron chi connectivity index (χ4n) is 2.30. The molecule has 0 bridgehead atoms. The normalized spacial score (nSPS) is 24.3. The van der Waals surface area contributed by atoms with Crippen LogP contribution in [0.15, 0.2) is 30.3 Å². The monoisotopic (exact) mass is 283 g/mol. The van der Waals surface area contributed by atoms with Crippen LogP contribution in [0.2, 0.25) is 0 Å². The van der Waals surface area contributed by atoms with E-state index in [0.29, 0.717) is 13.2 Å². The van der Waals surface area contributed by atoms with Crippen molar-refractivity contribution in [1.82, 2.24) is 4.31 Å². The number of rotatable bonds is 3. The minimum Gasteiger partial charge on any atom is -0.375 e. The molecule has 2 rings (SSSR count). The molecule has 1 atom stereocenters. The third-order valence-electron chi connectivity index (χ3n) is 3.35. The molecule has 1 heterocycles. The lowest BCUT2D eigenvalue weighted by Gasteiger charge is -2.43. The average molecular weight is 283 g/mol. The number of morpholine rings is 1. The topological polar surface area (TPSA) is 46.6 Å². The van der Waals surface area contributed by atoms with Gasteiger partial charge in [-0.15, -0.1) is 0 Å². The van der Waals surface area contributed by atoms with Crippen molar-refractivity contribution < 1.29 is 13.2 Å². The third-order valence-corrected chi connectivity index (χ3v) is 5.36. The SMILES string of the molecule is CC1CN(S(=O)(=O)Cc2ccccc2)C(C)(C)CO1. The Bertz CT molecular complexity index is 525. The lowest BCUT2D eigenvalue weighted by Crippen LogP contribution is -2.57. The van der Waals surface area contributed by atoms with E-state index in [1.807, 2.05) is 51.1 Å². The van der Waals surface area contributed by atoms with Crippen LogP contribution in [0.25, 0.3) is 0 Å². The Kier molecular flexibility index (Phi) is 3.99. The highest BCUT2D eigenvalue weighted by atomic mass is 32.2. The first kappa shape index (κ1) is 14.5. The minimum absolute atomic E-state index is 0.0456. The van der Waals surface area contributed by atoms with Crippen LogP contribution in [0.3, 0.4) is 0 Å². The van der Waals surface area contributed by atoms with Crippen molar-refractivity contribution in [2.75, 3.05) is 13.2 Å². The second-order valence-electron chi connectivity index (χ2n) is 5.71. The number of nitrogens with zero attached hydrogens (tertiary/aromatic N) is 1. The van der Waals surface area contributed by atoms with Gasteiger partial charge in [-0.1, -0.05) is 30.3 Å². The van der Waals surface area contributed by atoms with Gasteiger partial charge in [0.2, 0.25) is 10.0 Å². The van der Waals surface area contributed by atoms with E-state index in [2.05, 4.69) is 0 Å². The molecule has 5 heteroatoms. The van der Waals surface area contributed by atoms with Gasteiger partial charge >= 0.3 is 0 Å². The van der Waals surface area contributed by atoms with E-state index in [4.69, 9.17) is 4.74 Å². The van der Waals surface area contributed by atoms with Gasteiger partial charge in [0, 0.05) is 6.54 Å². The quantitative estimate of drug-likeness (QED) is 0.852. The predicted octanol–water partition coefficient (Wildman–Crippen LogP) is 2.02. The average Bonchev–Trinajstić information content (AvgIpc) is 2.33. The molecule has 0 radical (unpaired) electrons. The molecule has 0 amide bonds. The van der Waals surface area contributed by atoms with Crippen LogP contribution in [-0.2, 0) is 20.5 Å². The first-order valence-corrected chi connectivity index (χ1v) is 8.08. The molecule has 1 aromatic carbocycles. The summed E-state index contributed by atoms with van der Waals surface area (Å²) in [5.41, 5.74) is 0.331. The lowest BCUT2D eigenvalue weighted by atomic mass is 10.1. The van der Waals surface area contributed by atoms with Gasteiger partial charge in [0.1, 0.15) is 0 Å². The Morgan fingerprint density at radius 2 is 1.95 bits per heavy atom. The second-order valence-corrected chi connectivity index (χ2v) is 7.60. The number of ether oxygens (including phenoxy) is 1. The van der Waals surface area contributed by atoms with Crippen LogP contribution in [-0.4, -0.2) is 37.5 Å². The Balaban J connectivity index is 2.23. The zero-order valence-electron chi connectivity index (χ0n) is 11.7. The molecule has 1 aliphatic heterocycles. The van der Waals surface area contributed by atoms with E-state index in [1.165, 1.54) is 0 Å². The molecule has 0 spiro atoms. The zero-order valence-corrected chi connectivity index (χ0v) is 12.5. The molecule has 0 N–H and O–H groups in total. The van der Waals surface area contributed by atoms with E-state index in [-0.39, 0.29) is 11.9 Å². The highest BCUT2D eigenvalue weighted by molar-refractivity contribution is 7.88. The van der Waals surface area contributed by atoms with E-state index >= 15 is 0 Å². The third kappa shape index (κ3) is 3.35. The summed E-state index contributed by atoms with van der Waals surface area (Å²) in [6.45, 7) is 6.56. The zero-order chi connectivity index (χ0) is 14.1. The first-order chi connectivity index (χ1) is 8.81. The van der Waals surface area contributed by atoms with Gasteiger partial charge < -0.3 is 4.74 Å². The summed E-state index contributed by atoms with van der Waals surface area (Å²) < 4.78 is 32.3. The second kappa shape index (κ2) is 5.23. The fraction of sp³-hybridized carbons (Fsp3) is 0.571. The molecular weight excluding hydrogens is 262 g/mol. The van der Waals surface area contributed by atoms with Gasteiger partial charge in [-0.05, 0) is 26.3 Å². The first-order valence-electron chi connectivity index (χ1n) is 6.47. The van der Waals surface area contributed by atoms with Crippen molar-refractivity contribution in [3.63, 3.8) is 0 Å². The Hall–Kier alpha value is -0.910. The van der Waals surface area contributed by atoms with Crippen LogP contribution < -0.4 is 0 Å². The van der Waals surface area contributed by atoms with Crippen molar-refractivity contribution in [3.05, 3.63) is 35.9 Å². The summed E-state index contributed by atoms with van der Waals surface area (Å²) >= 11 is 0. The predicted molar refractivity (Wildman–Crippen MR) is 75.3 cm³/mol. The summed E-state index contributed by atoms with van der Waals surface area (Å²) in [7, 11) is -3.32. The molecule has 0 aliphatic carbocycles. The summed E-state index contributed by atoms with van der Waals surface area (Å²) in [6.07, 6.45) is -0.0569. The Morgan fingerprint density at radius 1 is 1.32 bits per heavy atom. The summed E-state index contributed by atoms with van der Waals surface area (Å²) in [5, 5.41) is 0. The van der Waals surface area contributed by atoms with Crippen LogP contribution in [0, 0.1) is 0 Å². The summed E-state index contributed by atoms with van der Waals surface area (Å²) in [4.78, 5) is 0. The Labute approximate surface area is 115 Å². The Morgan fingerprint density at radius 3 is 2.58 bits per heavy atom. The highest BCUT2D eigenvalue weighted by Crippen LogP contribution is 2.27. The molecule has 0 aromatic heterocycles. The summed E-state index contributed by atoms with van der Waals surface area (Å²) in [6, 6.07) is 9.29. The smallest absolute Gasteiger partial charge is 0.218 e. The van der Waals surface area contributed by atoms with Crippen molar-refractivity contribution in [2.45, 2.75) is 38.2 Å². The fourth-order valence-corrected chi connectivity index (χ4v) is 4.32. The number of benzene rings is 1. The van der Waals surface area contributed by atoms with Crippen LogP contribution in [0.1, 0.15) is 26.3 Å². The standard InChI is InChI=1S/C14H21NO3S/c1-12-9-15(14(2,3)11-18-12)19(16,17)10-13-7-5-4-6-8-13/h4-8,12H,9-11H2,1-3H3. The molecule has 1 unspecified atom stereocenters. The molecule has 1 aromatic rings. The molecule has 1 aliphatic rings. The number of sulfonamides is 1. The number of hydrogen-bond donors (Lipinski definition) is 0. The molecule has 0 saturated carbocycles. The van der Waals surface area contributed by atoms with Crippen LogP contribution in [0.4, 0.5) is 0 Å². The van der Waals surface area contributed by atoms with E-state index in [1.54, 1.807) is 4.31 Å². The highest BCUT2D eigenvalue weighted by Gasteiger charge is 2.40. The van der Waals surface area contributed by atoms with Gasteiger partial charge in [0.15, 0.2) is 0 Å². The lowest BCUT2D eigenvalue weighted by molar-refractivity contribution is -0.0551. The molecule has 1 fully saturated rings. The van der Waals surface area contributed by atoms with E-state index < -0.39 is 15.6 Å². The van der Waals surface area contributed by atoms with Crippen molar-refractivity contribution in [1.29, 1.82) is 0 Å². The van der Waals surface area contributed by atoms with Crippen molar-refractivity contribution in [2.24, 2.45) is 0 Å². The summed E-state index contributed by atoms with van der Waals surface area (Å²) in [5.74, 6) is 0.0456. The van der Waals surface area contributed by atoms with Gasteiger partial charge in [-0.25, -0.2) is 8.42 Å². The maximum absolute atomic E-state index is 12.6. The van der Waals surface area contributed by atoms with Crippen molar-refractivity contribution >= 4 is 10.0 Å².